The molecule has 0 spiro atoms. The maximum absolute atomic E-state index is 12.6. The van der Waals surface area contributed by atoms with Crippen molar-refractivity contribution in [3.63, 3.8) is 0 Å². The van der Waals surface area contributed by atoms with E-state index in [2.05, 4.69) is 23.7 Å². The monoisotopic (exact) mass is 650 g/mol. The van der Waals surface area contributed by atoms with Crippen LogP contribution in [0.3, 0.4) is 0 Å². The van der Waals surface area contributed by atoms with Crippen LogP contribution in [0.2, 0.25) is 0 Å². The Bertz CT molecular complexity index is 1460. The van der Waals surface area contributed by atoms with Crippen molar-refractivity contribution in [3.05, 3.63) is 58.7 Å². The third-order valence-electron chi connectivity index (χ3n) is 10.0. The largest absolute Gasteiger partial charge is 0.394 e. The van der Waals surface area contributed by atoms with Crippen LogP contribution in [-0.4, -0.2) is 120 Å². The van der Waals surface area contributed by atoms with Gasteiger partial charge in [-0.3, -0.25) is 0 Å². The minimum Gasteiger partial charge on any atom is -0.394 e. The zero-order valence-corrected chi connectivity index (χ0v) is 25.8. The van der Waals surface area contributed by atoms with Gasteiger partial charge in [-0.15, -0.1) is 0 Å². The topological polar surface area (TPSA) is 201 Å². The molecule has 2 heterocycles. The molecule has 11 heteroatoms. The van der Waals surface area contributed by atoms with Crippen molar-refractivity contribution in [2.24, 2.45) is 5.92 Å². The van der Waals surface area contributed by atoms with E-state index in [0.717, 1.165) is 43.2 Å². The van der Waals surface area contributed by atoms with Gasteiger partial charge in [-0.05, 0) is 58.9 Å². The van der Waals surface area contributed by atoms with E-state index in [4.69, 9.17) is 9.47 Å². The van der Waals surface area contributed by atoms with Crippen LogP contribution in [-0.2, 0) is 15.1 Å². The molecule has 10 atom stereocenters. The van der Waals surface area contributed by atoms with Crippen molar-refractivity contribution in [1.82, 2.24) is 0 Å². The molecule has 252 valence electrons. The van der Waals surface area contributed by atoms with Gasteiger partial charge in [-0.2, -0.15) is 0 Å². The van der Waals surface area contributed by atoms with Gasteiger partial charge in [0.2, 0.25) is 0 Å². The lowest BCUT2D eigenvalue weighted by Gasteiger charge is -2.37. The Labute approximate surface area is 273 Å². The van der Waals surface area contributed by atoms with Crippen LogP contribution < -0.4 is 0 Å². The highest BCUT2D eigenvalue weighted by atomic mass is 16.5. The highest BCUT2D eigenvalue weighted by molar-refractivity contribution is 5.81. The Hall–Kier alpha value is -2.88. The zero-order chi connectivity index (χ0) is 33.5. The van der Waals surface area contributed by atoms with Crippen LogP contribution in [0.4, 0.5) is 0 Å². The molecule has 0 aromatic heterocycles. The third-order valence-corrected chi connectivity index (χ3v) is 10.0. The summed E-state index contributed by atoms with van der Waals surface area (Å²) in [6.45, 7) is -1.10. The lowest BCUT2D eigenvalue weighted by atomic mass is 9.76. The van der Waals surface area contributed by atoms with E-state index in [1.54, 1.807) is 12.1 Å². The standard InChI is InChI=1S/C36H42O11/c37-17-28-32(41)34(43)30(39)26(46-28)12-8-19-6-10-22-23-11-7-20(9-13-27-31(40)35(44)33(42)29(18-38)47-27)15-25(23)36(45,24(22)14-19)16-21-4-2-1-3-5-21/h6-7,10-11,14-15,21,26-35,37-45H,1-5,16-18H2/t26-,27-,28-,29-,30-,31-,32-,33-,34-,35-/m1/s1. The average Bonchev–Trinajstić information content (AvgIpc) is 3.32. The summed E-state index contributed by atoms with van der Waals surface area (Å²) in [7, 11) is 0. The molecular formula is C36H42O11. The second-order valence-corrected chi connectivity index (χ2v) is 13.1. The Balaban J connectivity index is 1.33. The Morgan fingerprint density at radius 3 is 1.49 bits per heavy atom. The minimum atomic E-state index is -1.53. The molecule has 9 N–H and O–H groups in total. The van der Waals surface area contributed by atoms with Gasteiger partial charge in [0.05, 0.1) is 13.2 Å². The van der Waals surface area contributed by atoms with E-state index in [0.29, 0.717) is 34.6 Å². The Morgan fingerprint density at radius 2 is 1.06 bits per heavy atom. The van der Waals surface area contributed by atoms with Crippen LogP contribution in [0.25, 0.3) is 11.1 Å². The molecule has 11 nitrogen and oxygen atoms in total. The van der Waals surface area contributed by atoms with E-state index < -0.39 is 79.9 Å². The van der Waals surface area contributed by atoms with E-state index in [1.165, 1.54) is 0 Å². The predicted octanol–water partition coefficient (Wildman–Crippen LogP) is -0.739. The number of benzene rings is 2. The smallest absolute Gasteiger partial charge is 0.147 e. The van der Waals surface area contributed by atoms with Crippen LogP contribution >= 0.6 is 0 Å². The molecule has 0 radical (unpaired) electrons. The lowest BCUT2D eigenvalue weighted by Crippen LogP contribution is -2.58. The van der Waals surface area contributed by atoms with Crippen LogP contribution in [0, 0.1) is 29.6 Å². The number of ether oxygens (including phenoxy) is 2. The van der Waals surface area contributed by atoms with E-state index in [9.17, 15) is 46.0 Å². The molecule has 4 aliphatic rings. The van der Waals surface area contributed by atoms with Gasteiger partial charge in [0.15, 0.2) is 0 Å². The number of aliphatic hydroxyl groups is 9. The number of hydrogen-bond acceptors (Lipinski definition) is 11. The van der Waals surface area contributed by atoms with Gasteiger partial charge in [-0.25, -0.2) is 0 Å². The first-order valence-corrected chi connectivity index (χ1v) is 16.2. The summed E-state index contributed by atoms with van der Waals surface area (Å²) in [6, 6.07) is 11.0. The minimum absolute atomic E-state index is 0.292. The fraction of sp³-hybridized carbons (Fsp3) is 0.556. The van der Waals surface area contributed by atoms with Crippen molar-refractivity contribution >= 4 is 0 Å². The van der Waals surface area contributed by atoms with Gasteiger partial charge < -0.3 is 55.4 Å². The first-order valence-electron chi connectivity index (χ1n) is 16.2. The summed E-state index contributed by atoms with van der Waals surface area (Å²) >= 11 is 0. The first kappa shape index (κ1) is 34.0. The van der Waals surface area contributed by atoms with Crippen LogP contribution in [0.5, 0.6) is 0 Å². The van der Waals surface area contributed by atoms with Crippen molar-refractivity contribution in [2.45, 2.75) is 105 Å². The third kappa shape index (κ3) is 6.47. The Kier molecular flexibility index (Phi) is 10.1. The van der Waals surface area contributed by atoms with Crippen LogP contribution in [0.1, 0.15) is 60.8 Å². The first-order chi connectivity index (χ1) is 22.5. The Morgan fingerprint density at radius 1 is 0.617 bits per heavy atom. The van der Waals surface area contributed by atoms with Crippen molar-refractivity contribution in [3.8, 4) is 34.8 Å². The summed E-state index contributed by atoms with van der Waals surface area (Å²) in [6.07, 6.45) is -7.59. The molecule has 2 saturated heterocycles. The van der Waals surface area contributed by atoms with Gasteiger partial charge in [0.25, 0.3) is 0 Å². The molecule has 0 amide bonds. The van der Waals surface area contributed by atoms with E-state index >= 15 is 0 Å². The summed E-state index contributed by atoms with van der Waals surface area (Å²) in [5.74, 6) is 11.9. The van der Waals surface area contributed by atoms with Gasteiger partial charge in [-0.1, -0.05) is 67.9 Å². The number of rotatable bonds is 4. The second kappa shape index (κ2) is 13.9. The zero-order valence-electron chi connectivity index (χ0n) is 25.8. The highest BCUT2D eigenvalue weighted by Crippen LogP contribution is 2.52. The lowest BCUT2D eigenvalue weighted by molar-refractivity contribution is -0.214. The van der Waals surface area contributed by atoms with Gasteiger partial charge in [0, 0.05) is 11.1 Å². The molecule has 6 rings (SSSR count). The fourth-order valence-electron chi connectivity index (χ4n) is 7.32. The van der Waals surface area contributed by atoms with Crippen LogP contribution in [0.15, 0.2) is 36.4 Å². The van der Waals surface area contributed by atoms with Crippen molar-refractivity contribution < 1.29 is 55.4 Å². The molecule has 2 aromatic rings. The number of aliphatic hydroxyl groups excluding tert-OH is 8. The number of fused-ring (bicyclic) bond motifs is 3. The molecule has 1 saturated carbocycles. The van der Waals surface area contributed by atoms with Crippen molar-refractivity contribution in [2.75, 3.05) is 13.2 Å². The van der Waals surface area contributed by atoms with E-state index in [-0.39, 0.29) is 0 Å². The normalized spacial score (nSPS) is 36.8. The number of hydrogen-bond donors (Lipinski definition) is 9. The fourth-order valence-corrected chi connectivity index (χ4v) is 7.32. The summed E-state index contributed by atoms with van der Waals surface area (Å²) < 4.78 is 11.1. The molecule has 47 heavy (non-hydrogen) atoms. The molecule has 2 aromatic carbocycles. The maximum atomic E-state index is 12.6. The summed E-state index contributed by atoms with van der Waals surface area (Å²) in [4.78, 5) is 0. The molecule has 0 unspecified atom stereocenters. The van der Waals surface area contributed by atoms with E-state index in [1.807, 2.05) is 24.3 Å². The molecule has 2 aliphatic heterocycles. The average molecular weight is 651 g/mol. The SMILES string of the molecule is OC[C@H]1O[C@H](C#Cc2ccc3c(c2)C(O)(CC2CCCCC2)c2cc(C#C[C@H]4O[C@H](CO)[C@@H](O)[C@H](O)[C@@H]4O)ccc2-3)[C@@H](O)[C@@H](O)[C@@H]1O. The highest BCUT2D eigenvalue weighted by Gasteiger charge is 2.45. The predicted molar refractivity (Wildman–Crippen MR) is 167 cm³/mol. The van der Waals surface area contributed by atoms with Crippen molar-refractivity contribution in [1.29, 1.82) is 0 Å². The summed E-state index contributed by atoms with van der Waals surface area (Å²) in [5, 5.41) is 93.0. The summed E-state index contributed by atoms with van der Waals surface area (Å²) in [5.41, 5.74) is 2.75. The molecule has 2 aliphatic carbocycles. The maximum Gasteiger partial charge on any atom is 0.147 e. The second-order valence-electron chi connectivity index (χ2n) is 13.1. The molecule has 3 fully saturated rings. The van der Waals surface area contributed by atoms with Gasteiger partial charge >= 0.3 is 0 Å². The molecule has 0 bridgehead atoms. The van der Waals surface area contributed by atoms with Gasteiger partial charge in [0.1, 0.15) is 66.6 Å². The molecular weight excluding hydrogens is 608 g/mol. The quantitative estimate of drug-likeness (QED) is 0.189.